The fourth-order valence-corrected chi connectivity index (χ4v) is 3.28. The predicted molar refractivity (Wildman–Crippen MR) is 104 cm³/mol. The SMILES string of the molecule is CCCc1nn(C)c(-c2cc(-c3cc(Cl)ccc3O)nc(=S)[nH]2)c1[N+](=O)[O-]. The second-order valence-corrected chi connectivity index (χ2v) is 6.74. The summed E-state index contributed by atoms with van der Waals surface area (Å²) in [6.07, 6.45) is 1.21. The molecule has 27 heavy (non-hydrogen) atoms. The Bertz CT molecular complexity index is 1090. The third-order valence-electron chi connectivity index (χ3n) is 4.00. The molecule has 0 radical (unpaired) electrons. The van der Waals surface area contributed by atoms with Crippen LogP contribution in [0.15, 0.2) is 24.3 Å². The first-order valence-corrected chi connectivity index (χ1v) is 8.91. The van der Waals surface area contributed by atoms with Gasteiger partial charge in [-0.2, -0.15) is 5.10 Å². The van der Waals surface area contributed by atoms with Gasteiger partial charge in [0.2, 0.25) is 0 Å². The van der Waals surface area contributed by atoms with Gasteiger partial charge in [-0.3, -0.25) is 14.8 Å². The van der Waals surface area contributed by atoms with Crippen molar-refractivity contribution < 1.29 is 10.0 Å². The summed E-state index contributed by atoms with van der Waals surface area (Å²) in [6.45, 7) is 1.93. The van der Waals surface area contributed by atoms with Crippen LogP contribution >= 0.6 is 23.8 Å². The van der Waals surface area contributed by atoms with Gasteiger partial charge in [0.25, 0.3) is 0 Å². The average molecular weight is 406 g/mol. The Morgan fingerprint density at radius 2 is 2.15 bits per heavy atom. The number of halogens is 1. The van der Waals surface area contributed by atoms with Crippen LogP contribution in [0, 0.1) is 14.9 Å². The van der Waals surface area contributed by atoms with Crippen LogP contribution in [0.2, 0.25) is 5.02 Å². The number of aromatic nitrogens is 4. The van der Waals surface area contributed by atoms with Gasteiger partial charge in [-0.25, -0.2) is 4.98 Å². The summed E-state index contributed by atoms with van der Waals surface area (Å²) >= 11 is 11.2. The molecule has 2 heterocycles. The number of aromatic amines is 1. The number of rotatable bonds is 5. The van der Waals surface area contributed by atoms with Crippen LogP contribution in [0.4, 0.5) is 5.69 Å². The molecule has 0 unspecified atom stereocenters. The molecule has 0 aliphatic carbocycles. The molecule has 0 fully saturated rings. The molecule has 0 atom stereocenters. The Balaban J connectivity index is 2.26. The summed E-state index contributed by atoms with van der Waals surface area (Å²) in [5.41, 5.74) is 1.73. The number of aromatic hydroxyl groups is 1. The van der Waals surface area contributed by atoms with E-state index < -0.39 is 4.92 Å². The number of phenols is 1. The molecule has 0 saturated heterocycles. The molecule has 3 rings (SSSR count). The molecule has 140 valence electrons. The van der Waals surface area contributed by atoms with E-state index in [0.29, 0.717) is 39.8 Å². The number of H-pyrrole nitrogens is 1. The third-order valence-corrected chi connectivity index (χ3v) is 4.42. The fraction of sp³-hybridized carbons (Fsp3) is 0.235. The highest BCUT2D eigenvalue weighted by atomic mass is 35.5. The Hall–Kier alpha value is -2.78. The van der Waals surface area contributed by atoms with Gasteiger partial charge in [0.05, 0.1) is 16.3 Å². The summed E-state index contributed by atoms with van der Waals surface area (Å²) in [4.78, 5) is 18.3. The van der Waals surface area contributed by atoms with Gasteiger partial charge in [-0.1, -0.05) is 24.9 Å². The molecule has 0 saturated carbocycles. The number of hydrogen-bond donors (Lipinski definition) is 2. The van der Waals surface area contributed by atoms with Crippen molar-refractivity contribution in [2.45, 2.75) is 19.8 Å². The highest BCUT2D eigenvalue weighted by molar-refractivity contribution is 7.71. The first kappa shape index (κ1) is 19.0. The summed E-state index contributed by atoms with van der Waals surface area (Å²) in [7, 11) is 1.63. The average Bonchev–Trinajstić information content (AvgIpc) is 2.93. The van der Waals surface area contributed by atoms with E-state index >= 15 is 0 Å². The van der Waals surface area contributed by atoms with Gasteiger partial charge < -0.3 is 10.1 Å². The summed E-state index contributed by atoms with van der Waals surface area (Å²) in [6, 6.07) is 6.14. The first-order chi connectivity index (χ1) is 12.8. The van der Waals surface area contributed by atoms with Crippen molar-refractivity contribution in [1.29, 1.82) is 0 Å². The minimum Gasteiger partial charge on any atom is -0.507 e. The first-order valence-electron chi connectivity index (χ1n) is 8.12. The monoisotopic (exact) mass is 405 g/mol. The maximum Gasteiger partial charge on any atom is 0.319 e. The number of nitrogens with one attached hydrogen (secondary N) is 1. The molecule has 1 aromatic carbocycles. The lowest BCUT2D eigenvalue weighted by Crippen LogP contribution is -2.00. The van der Waals surface area contributed by atoms with Crippen molar-refractivity contribution in [3.8, 4) is 28.4 Å². The van der Waals surface area contributed by atoms with E-state index in [0.717, 1.165) is 6.42 Å². The van der Waals surface area contributed by atoms with E-state index in [2.05, 4.69) is 15.1 Å². The van der Waals surface area contributed by atoms with Crippen LogP contribution in [0.3, 0.4) is 0 Å². The largest absolute Gasteiger partial charge is 0.507 e. The second kappa shape index (κ2) is 7.45. The van der Waals surface area contributed by atoms with Gasteiger partial charge in [0, 0.05) is 17.6 Å². The zero-order valence-corrected chi connectivity index (χ0v) is 16.1. The minimum absolute atomic E-state index is 0.0235. The van der Waals surface area contributed by atoms with Crippen molar-refractivity contribution >= 4 is 29.5 Å². The number of benzene rings is 1. The van der Waals surface area contributed by atoms with Crippen LogP contribution in [0.5, 0.6) is 5.75 Å². The minimum atomic E-state index is -0.443. The van der Waals surface area contributed by atoms with Crippen LogP contribution in [0.1, 0.15) is 19.0 Å². The summed E-state index contributed by atoms with van der Waals surface area (Å²) < 4.78 is 1.57. The molecule has 10 heteroatoms. The van der Waals surface area contributed by atoms with Gasteiger partial charge in [-0.15, -0.1) is 0 Å². The lowest BCUT2D eigenvalue weighted by molar-refractivity contribution is -0.384. The molecule has 0 spiro atoms. The number of nitro groups is 1. The highest BCUT2D eigenvalue weighted by Crippen LogP contribution is 2.35. The summed E-state index contributed by atoms with van der Waals surface area (Å²) in [5.74, 6) is -0.0235. The zero-order chi connectivity index (χ0) is 19.7. The molecule has 0 amide bonds. The van der Waals surface area contributed by atoms with Crippen LogP contribution in [-0.2, 0) is 13.5 Å². The molecular formula is C17H16ClN5O3S. The number of phenolic OH excluding ortho intramolecular Hbond substituents is 1. The molecule has 3 aromatic rings. The van der Waals surface area contributed by atoms with Crippen molar-refractivity contribution in [3.05, 3.63) is 49.9 Å². The molecule has 2 aromatic heterocycles. The number of hydrogen-bond acceptors (Lipinski definition) is 6. The topological polar surface area (TPSA) is 110 Å². The number of aryl methyl sites for hydroxylation is 2. The van der Waals surface area contributed by atoms with Crippen LogP contribution in [-0.4, -0.2) is 29.8 Å². The Morgan fingerprint density at radius 3 is 2.81 bits per heavy atom. The Labute approximate surface area is 164 Å². The quantitative estimate of drug-likeness (QED) is 0.369. The van der Waals surface area contributed by atoms with Crippen LogP contribution in [0.25, 0.3) is 22.6 Å². The Kier molecular flexibility index (Phi) is 5.24. The zero-order valence-electron chi connectivity index (χ0n) is 14.6. The van der Waals surface area contributed by atoms with Gasteiger partial charge in [-0.05, 0) is 42.9 Å². The molecule has 0 aliphatic rings. The van der Waals surface area contributed by atoms with E-state index in [9.17, 15) is 15.2 Å². The molecule has 0 bridgehead atoms. The van der Waals surface area contributed by atoms with Gasteiger partial charge in [0.1, 0.15) is 11.4 Å². The maximum absolute atomic E-state index is 11.7. The van der Waals surface area contributed by atoms with Gasteiger partial charge >= 0.3 is 5.69 Å². The van der Waals surface area contributed by atoms with Crippen molar-refractivity contribution in [1.82, 2.24) is 19.7 Å². The molecule has 0 aliphatic heterocycles. The third kappa shape index (κ3) is 3.69. The molecule has 8 nitrogen and oxygen atoms in total. The van der Waals surface area contributed by atoms with Crippen LogP contribution < -0.4 is 0 Å². The van der Waals surface area contributed by atoms with E-state index in [-0.39, 0.29) is 16.2 Å². The van der Waals surface area contributed by atoms with Crippen molar-refractivity contribution in [2.75, 3.05) is 0 Å². The van der Waals surface area contributed by atoms with E-state index in [1.165, 1.54) is 10.7 Å². The molecular weight excluding hydrogens is 390 g/mol. The number of nitrogens with zero attached hydrogens (tertiary/aromatic N) is 4. The Morgan fingerprint density at radius 1 is 1.41 bits per heavy atom. The summed E-state index contributed by atoms with van der Waals surface area (Å²) in [5, 5.41) is 26.5. The lowest BCUT2D eigenvalue weighted by Gasteiger charge is -2.08. The molecule has 2 N–H and O–H groups in total. The van der Waals surface area contributed by atoms with E-state index in [1.54, 1.807) is 25.2 Å². The second-order valence-electron chi connectivity index (χ2n) is 5.92. The smallest absolute Gasteiger partial charge is 0.319 e. The van der Waals surface area contributed by atoms with Gasteiger partial charge in [0.15, 0.2) is 10.5 Å². The lowest BCUT2D eigenvalue weighted by atomic mass is 10.1. The highest BCUT2D eigenvalue weighted by Gasteiger charge is 2.28. The predicted octanol–water partition coefficient (Wildman–Crippen LogP) is 4.43. The van der Waals surface area contributed by atoms with Crippen molar-refractivity contribution in [3.63, 3.8) is 0 Å². The fourth-order valence-electron chi connectivity index (χ4n) is 2.90. The standard InChI is InChI=1S/C17H16ClN5O3S/c1-3-4-11-16(23(25)26)15(22(2)21-11)13-8-12(19-17(27)20-13)10-7-9(18)5-6-14(10)24/h5-8,24H,3-4H2,1-2H3,(H,19,20,27). The van der Waals surface area contributed by atoms with Crippen molar-refractivity contribution in [2.24, 2.45) is 7.05 Å². The van der Waals surface area contributed by atoms with E-state index in [1.807, 2.05) is 6.92 Å². The van der Waals surface area contributed by atoms with E-state index in [4.69, 9.17) is 23.8 Å². The normalized spacial score (nSPS) is 10.9. The maximum atomic E-state index is 11.7.